The molecule has 220 valence electrons. The summed E-state index contributed by atoms with van der Waals surface area (Å²) in [5.74, 6) is -0.615. The average molecular weight is 545 g/mol. The van der Waals surface area contributed by atoms with Crippen molar-refractivity contribution in [2.24, 2.45) is 4.99 Å². The minimum Gasteiger partial charge on any atom is -0.464 e. The van der Waals surface area contributed by atoms with Crippen LogP contribution >= 0.6 is 0 Å². The second-order valence-corrected chi connectivity index (χ2v) is 11.7. The second-order valence-electron chi connectivity index (χ2n) is 11.7. The van der Waals surface area contributed by atoms with E-state index >= 15 is 0 Å². The number of amides is 3. The monoisotopic (exact) mass is 544 g/mol. The predicted octanol–water partition coefficient (Wildman–Crippen LogP) is 4.70. The van der Waals surface area contributed by atoms with E-state index in [1.54, 1.807) is 62.3 Å². The van der Waals surface area contributed by atoms with Gasteiger partial charge in [0.2, 0.25) is 5.96 Å². The summed E-state index contributed by atoms with van der Waals surface area (Å²) in [4.78, 5) is 57.2. The smallest absolute Gasteiger partial charge is 0.417 e. The summed E-state index contributed by atoms with van der Waals surface area (Å²) in [6.07, 6.45) is -1.25. The molecular formula is C26H48N4O8. The zero-order valence-electron chi connectivity index (χ0n) is 25.2. The molecule has 0 aliphatic carbocycles. The summed E-state index contributed by atoms with van der Waals surface area (Å²) >= 11 is 0. The lowest BCUT2D eigenvalue weighted by molar-refractivity contribution is -0.146. The molecule has 0 rings (SSSR count). The number of hydrogen-bond donors (Lipinski definition) is 1. The van der Waals surface area contributed by atoms with Crippen LogP contribution in [0.3, 0.4) is 0 Å². The molecule has 0 aliphatic rings. The lowest BCUT2D eigenvalue weighted by atomic mass is 10.1. The molecule has 1 N–H and O–H groups in total. The number of nitrogens with zero attached hydrogens (tertiary/aromatic N) is 3. The van der Waals surface area contributed by atoms with Crippen molar-refractivity contribution in [1.82, 2.24) is 15.1 Å². The first-order chi connectivity index (χ1) is 17.2. The molecule has 0 aromatic rings. The van der Waals surface area contributed by atoms with E-state index in [2.05, 4.69) is 10.3 Å². The number of nitrogens with one attached hydrogen (secondary N) is 1. The zero-order chi connectivity index (χ0) is 29.9. The normalized spacial score (nSPS) is 13.2. The van der Waals surface area contributed by atoms with Crippen molar-refractivity contribution in [3.8, 4) is 0 Å². The van der Waals surface area contributed by atoms with Gasteiger partial charge in [0, 0.05) is 20.6 Å². The van der Waals surface area contributed by atoms with Gasteiger partial charge >= 0.3 is 24.2 Å². The number of alkyl carbamates (subject to hydrolysis) is 1. The average Bonchev–Trinajstić information content (AvgIpc) is 2.71. The number of rotatable bonds is 8. The Morgan fingerprint density at radius 1 is 0.842 bits per heavy atom. The fraction of sp³-hybridized carbons (Fsp3) is 0.808. The standard InChI is InChI=1S/C26H48N4O8/c1-13-17-35-19(31)18(28-21(32)36-24(2,3)4)15-14-16-30(23(34)38-26(8,9)10)20(27-11)29(12)22(33)37-25(5,6)7/h18H,13-17H2,1-12H3,(H,28,32)/b27-20+. The summed E-state index contributed by atoms with van der Waals surface area (Å²) in [6.45, 7) is 17.5. The molecule has 0 saturated heterocycles. The molecule has 1 unspecified atom stereocenters. The molecular weight excluding hydrogens is 496 g/mol. The maximum atomic E-state index is 13.1. The molecule has 0 spiro atoms. The molecule has 12 heteroatoms. The molecule has 0 bridgehead atoms. The van der Waals surface area contributed by atoms with Crippen LogP contribution in [0.25, 0.3) is 0 Å². The van der Waals surface area contributed by atoms with E-state index in [1.807, 2.05) is 6.92 Å². The first-order valence-electron chi connectivity index (χ1n) is 12.8. The maximum absolute atomic E-state index is 13.1. The Bertz CT molecular complexity index is 838. The van der Waals surface area contributed by atoms with Crippen LogP contribution in [0.2, 0.25) is 0 Å². The Balaban J connectivity index is 5.83. The molecule has 0 fully saturated rings. The van der Waals surface area contributed by atoms with Gasteiger partial charge in [-0.3, -0.25) is 9.89 Å². The highest BCUT2D eigenvalue weighted by molar-refractivity contribution is 6.01. The predicted molar refractivity (Wildman–Crippen MR) is 144 cm³/mol. The topological polar surface area (TPSA) is 136 Å². The van der Waals surface area contributed by atoms with E-state index in [0.29, 0.717) is 6.42 Å². The molecule has 0 heterocycles. The summed E-state index contributed by atoms with van der Waals surface area (Å²) in [5.41, 5.74) is -2.34. The van der Waals surface area contributed by atoms with E-state index in [-0.39, 0.29) is 32.0 Å². The van der Waals surface area contributed by atoms with Crippen LogP contribution in [-0.4, -0.2) is 90.1 Å². The number of carbonyl (C=O) groups excluding carboxylic acids is 4. The van der Waals surface area contributed by atoms with Crippen LogP contribution in [-0.2, 0) is 23.7 Å². The minimum absolute atomic E-state index is 0.00119. The highest BCUT2D eigenvalue weighted by Crippen LogP contribution is 2.16. The van der Waals surface area contributed by atoms with Gasteiger partial charge in [-0.15, -0.1) is 0 Å². The first-order valence-corrected chi connectivity index (χ1v) is 12.8. The fourth-order valence-corrected chi connectivity index (χ4v) is 2.91. The van der Waals surface area contributed by atoms with E-state index < -0.39 is 47.1 Å². The molecule has 12 nitrogen and oxygen atoms in total. The zero-order valence-corrected chi connectivity index (χ0v) is 25.2. The number of esters is 1. The Hall–Kier alpha value is -3.05. The van der Waals surface area contributed by atoms with Crippen molar-refractivity contribution in [3.63, 3.8) is 0 Å². The second kappa shape index (κ2) is 14.8. The number of guanidine groups is 1. The SMILES string of the molecule is CCCOC(=O)C(CCCN(C(=O)OC(C)(C)C)/C(=N/C)N(C)C(=O)OC(C)(C)C)NC(=O)OC(C)(C)C. The molecule has 38 heavy (non-hydrogen) atoms. The maximum Gasteiger partial charge on any atom is 0.417 e. The molecule has 0 aromatic carbocycles. The number of ether oxygens (including phenoxy) is 4. The minimum atomic E-state index is -1.01. The molecule has 1 atom stereocenters. The molecule has 0 aromatic heterocycles. The number of carbonyl (C=O) groups is 4. The van der Waals surface area contributed by atoms with Gasteiger partial charge in [0.25, 0.3) is 0 Å². The van der Waals surface area contributed by atoms with E-state index in [1.165, 1.54) is 19.0 Å². The summed E-state index contributed by atoms with van der Waals surface area (Å²) < 4.78 is 21.5. The Morgan fingerprint density at radius 2 is 1.34 bits per heavy atom. The summed E-state index contributed by atoms with van der Waals surface area (Å²) in [5, 5.41) is 2.55. The fourth-order valence-electron chi connectivity index (χ4n) is 2.91. The number of hydrogen-bond acceptors (Lipinski definition) is 9. The summed E-state index contributed by atoms with van der Waals surface area (Å²) in [6, 6.07) is -1.01. The van der Waals surface area contributed by atoms with Gasteiger partial charge in [0.15, 0.2) is 0 Å². The van der Waals surface area contributed by atoms with Gasteiger partial charge in [-0.05, 0) is 81.6 Å². The molecule has 0 aliphatic heterocycles. The Morgan fingerprint density at radius 3 is 1.79 bits per heavy atom. The third kappa shape index (κ3) is 14.6. The van der Waals surface area contributed by atoms with Gasteiger partial charge in [-0.25, -0.2) is 24.1 Å². The van der Waals surface area contributed by atoms with Gasteiger partial charge in [0.1, 0.15) is 22.8 Å². The highest BCUT2D eigenvalue weighted by atomic mass is 16.6. The summed E-state index contributed by atoms with van der Waals surface area (Å²) in [7, 11) is 2.87. The van der Waals surface area contributed by atoms with Crippen molar-refractivity contribution in [3.05, 3.63) is 0 Å². The largest absolute Gasteiger partial charge is 0.464 e. The Labute approximate surface area is 227 Å². The number of aliphatic imine (C=N–C) groups is 1. The van der Waals surface area contributed by atoms with E-state index in [0.717, 1.165) is 4.90 Å². The van der Waals surface area contributed by atoms with Gasteiger partial charge < -0.3 is 24.3 Å². The van der Waals surface area contributed by atoms with E-state index in [9.17, 15) is 19.2 Å². The van der Waals surface area contributed by atoms with Crippen LogP contribution in [0.1, 0.15) is 88.5 Å². The molecule has 3 amide bonds. The van der Waals surface area contributed by atoms with Crippen LogP contribution in [0.4, 0.5) is 14.4 Å². The van der Waals surface area contributed by atoms with E-state index in [4.69, 9.17) is 18.9 Å². The lowest BCUT2D eigenvalue weighted by Crippen LogP contribution is -2.51. The molecule has 0 saturated carbocycles. The van der Waals surface area contributed by atoms with Gasteiger partial charge in [-0.1, -0.05) is 6.92 Å². The van der Waals surface area contributed by atoms with Crippen LogP contribution in [0.15, 0.2) is 4.99 Å². The third-order valence-corrected chi connectivity index (χ3v) is 4.32. The molecule has 0 radical (unpaired) electrons. The Kier molecular flexibility index (Phi) is 13.6. The third-order valence-electron chi connectivity index (χ3n) is 4.32. The van der Waals surface area contributed by atoms with Crippen LogP contribution in [0, 0.1) is 0 Å². The van der Waals surface area contributed by atoms with Gasteiger partial charge in [0.05, 0.1) is 6.61 Å². The van der Waals surface area contributed by atoms with Crippen molar-refractivity contribution in [1.29, 1.82) is 0 Å². The van der Waals surface area contributed by atoms with Crippen molar-refractivity contribution < 1.29 is 38.1 Å². The lowest BCUT2D eigenvalue weighted by Gasteiger charge is -2.32. The van der Waals surface area contributed by atoms with Crippen LogP contribution in [0.5, 0.6) is 0 Å². The van der Waals surface area contributed by atoms with Crippen molar-refractivity contribution in [2.45, 2.75) is 111 Å². The van der Waals surface area contributed by atoms with Crippen molar-refractivity contribution in [2.75, 3.05) is 27.2 Å². The first kappa shape index (κ1) is 35.0. The highest BCUT2D eigenvalue weighted by Gasteiger charge is 2.32. The van der Waals surface area contributed by atoms with Crippen LogP contribution < -0.4 is 5.32 Å². The van der Waals surface area contributed by atoms with Crippen molar-refractivity contribution >= 4 is 30.2 Å². The van der Waals surface area contributed by atoms with Gasteiger partial charge in [-0.2, -0.15) is 0 Å². The quantitative estimate of drug-likeness (QED) is 0.201.